The highest BCUT2D eigenvalue weighted by Crippen LogP contribution is 2.68. The Kier molecular flexibility index (Phi) is 7.20. The van der Waals surface area contributed by atoms with Gasteiger partial charge in [0, 0.05) is 17.6 Å². The number of fused-ring (bicyclic) bond motifs is 5. The van der Waals surface area contributed by atoms with E-state index in [1.807, 2.05) is 30.3 Å². The van der Waals surface area contributed by atoms with Crippen LogP contribution >= 0.6 is 0 Å². The first-order chi connectivity index (χ1) is 17.1. The van der Waals surface area contributed by atoms with Crippen LogP contribution in [0.2, 0.25) is 0 Å². The van der Waals surface area contributed by atoms with Crippen LogP contribution in [0.3, 0.4) is 0 Å². The minimum absolute atomic E-state index is 0.136. The second kappa shape index (κ2) is 9.95. The van der Waals surface area contributed by atoms with Crippen LogP contribution in [0.5, 0.6) is 0 Å². The molecule has 0 bridgehead atoms. The number of carbonyl (C=O) groups is 1. The molecule has 0 saturated heterocycles. The van der Waals surface area contributed by atoms with Crippen molar-refractivity contribution in [1.82, 2.24) is 0 Å². The zero-order valence-electron chi connectivity index (χ0n) is 23.6. The third-order valence-electron chi connectivity index (χ3n) is 11.9. The van der Waals surface area contributed by atoms with Crippen LogP contribution in [0.25, 0.3) is 5.76 Å². The Morgan fingerprint density at radius 2 is 1.67 bits per heavy atom. The minimum atomic E-state index is 0.136. The molecule has 2 nitrogen and oxygen atoms in total. The molecule has 4 aliphatic rings. The summed E-state index contributed by atoms with van der Waals surface area (Å²) in [4.78, 5) is 13.2. The zero-order valence-corrected chi connectivity index (χ0v) is 23.6. The standard InChI is InChI=1S/C34H50O2/c1-22(2)10-9-11-23(3)28-16-17-29-26-15-14-25-20-31(35)27(32(36)24-12-7-6-8-13-24)21-34(25,5)30(26)18-19-33(28,29)4/h6-8,12-13,22-23,25-26,28-30,36H,9-11,14-21H2,1-5H3/t23-,25-,26-,28+,29-,30+,33-,34+/m1/s1. The summed E-state index contributed by atoms with van der Waals surface area (Å²) in [6, 6.07) is 9.72. The van der Waals surface area contributed by atoms with Crippen molar-refractivity contribution in [2.45, 2.75) is 105 Å². The summed E-state index contributed by atoms with van der Waals surface area (Å²) in [6.07, 6.45) is 13.6. The monoisotopic (exact) mass is 490 g/mol. The van der Waals surface area contributed by atoms with Crippen LogP contribution in [-0.2, 0) is 4.79 Å². The van der Waals surface area contributed by atoms with Gasteiger partial charge in [0.25, 0.3) is 0 Å². The van der Waals surface area contributed by atoms with E-state index in [-0.39, 0.29) is 17.0 Å². The summed E-state index contributed by atoms with van der Waals surface area (Å²) >= 11 is 0. The second-order valence-corrected chi connectivity index (χ2v) is 14.2. The number of Topliss-reactive ketones (excluding diaryl/α,β-unsaturated/α-hetero) is 1. The van der Waals surface area contributed by atoms with Crippen molar-refractivity contribution in [3.8, 4) is 0 Å². The molecule has 36 heavy (non-hydrogen) atoms. The first kappa shape index (κ1) is 26.1. The summed E-state index contributed by atoms with van der Waals surface area (Å²) in [5.41, 5.74) is 2.13. The Morgan fingerprint density at radius 1 is 0.944 bits per heavy atom. The minimum Gasteiger partial charge on any atom is -0.507 e. The van der Waals surface area contributed by atoms with Gasteiger partial charge >= 0.3 is 0 Å². The number of allylic oxidation sites excluding steroid dienone is 1. The summed E-state index contributed by atoms with van der Waals surface area (Å²) in [6.45, 7) is 12.4. The number of aliphatic hydroxyl groups excluding tert-OH is 1. The lowest BCUT2D eigenvalue weighted by atomic mass is 9.44. The molecule has 0 spiro atoms. The maximum Gasteiger partial charge on any atom is 0.162 e. The Labute approximate surface area is 220 Å². The Hall–Kier alpha value is -1.57. The molecule has 0 aliphatic heterocycles. The number of benzene rings is 1. The largest absolute Gasteiger partial charge is 0.507 e. The van der Waals surface area contributed by atoms with Crippen LogP contribution in [0.15, 0.2) is 35.9 Å². The van der Waals surface area contributed by atoms with Crippen LogP contribution in [0.4, 0.5) is 0 Å². The molecule has 5 rings (SSSR count). The normalized spacial score (nSPS) is 40.4. The van der Waals surface area contributed by atoms with Gasteiger partial charge in [-0.2, -0.15) is 0 Å². The molecule has 1 N–H and O–H groups in total. The van der Waals surface area contributed by atoms with E-state index in [1.165, 1.54) is 57.8 Å². The zero-order chi connectivity index (χ0) is 25.7. The molecular formula is C34H50O2. The third-order valence-corrected chi connectivity index (χ3v) is 11.9. The molecule has 1 aromatic rings. The van der Waals surface area contributed by atoms with Crippen molar-refractivity contribution in [3.05, 3.63) is 41.5 Å². The topological polar surface area (TPSA) is 37.3 Å². The van der Waals surface area contributed by atoms with Gasteiger partial charge in [-0.1, -0.05) is 84.2 Å². The van der Waals surface area contributed by atoms with E-state index in [0.717, 1.165) is 41.6 Å². The highest BCUT2D eigenvalue weighted by Gasteiger charge is 2.61. The van der Waals surface area contributed by atoms with Gasteiger partial charge in [0.2, 0.25) is 0 Å². The van der Waals surface area contributed by atoms with Crippen molar-refractivity contribution in [2.75, 3.05) is 0 Å². The molecule has 2 heteroatoms. The average Bonchev–Trinajstić information content (AvgIpc) is 3.21. The Balaban J connectivity index is 1.36. The molecule has 0 radical (unpaired) electrons. The van der Waals surface area contributed by atoms with Crippen LogP contribution in [-0.4, -0.2) is 10.9 Å². The summed E-state index contributed by atoms with van der Waals surface area (Å²) in [7, 11) is 0. The van der Waals surface area contributed by atoms with Gasteiger partial charge in [0.15, 0.2) is 5.78 Å². The number of rotatable bonds is 6. The fourth-order valence-electron chi connectivity index (χ4n) is 9.98. The van der Waals surface area contributed by atoms with E-state index >= 15 is 0 Å². The van der Waals surface area contributed by atoms with Gasteiger partial charge in [0.1, 0.15) is 5.76 Å². The van der Waals surface area contributed by atoms with Crippen molar-refractivity contribution in [3.63, 3.8) is 0 Å². The van der Waals surface area contributed by atoms with Gasteiger partial charge in [-0.15, -0.1) is 0 Å². The third kappa shape index (κ3) is 4.39. The maximum atomic E-state index is 13.2. The summed E-state index contributed by atoms with van der Waals surface area (Å²) in [5, 5.41) is 11.2. The average molecular weight is 491 g/mol. The lowest BCUT2D eigenvalue weighted by Gasteiger charge is -2.60. The lowest BCUT2D eigenvalue weighted by molar-refractivity contribution is -0.133. The van der Waals surface area contributed by atoms with Crippen molar-refractivity contribution >= 4 is 11.5 Å². The number of ketones is 1. The van der Waals surface area contributed by atoms with E-state index in [1.54, 1.807) is 0 Å². The predicted molar refractivity (Wildman–Crippen MR) is 149 cm³/mol. The smallest absolute Gasteiger partial charge is 0.162 e. The number of aliphatic hydroxyl groups is 1. The van der Waals surface area contributed by atoms with E-state index in [4.69, 9.17) is 0 Å². The lowest BCUT2D eigenvalue weighted by Crippen LogP contribution is -2.54. The molecule has 4 aliphatic carbocycles. The van der Waals surface area contributed by atoms with Gasteiger partial charge in [0.05, 0.1) is 0 Å². The van der Waals surface area contributed by atoms with Crippen molar-refractivity contribution in [1.29, 1.82) is 0 Å². The molecule has 1 aromatic carbocycles. The molecule has 0 aromatic heterocycles. The van der Waals surface area contributed by atoms with Gasteiger partial charge in [-0.25, -0.2) is 0 Å². The van der Waals surface area contributed by atoms with Crippen LogP contribution < -0.4 is 0 Å². The Bertz CT molecular complexity index is 976. The molecule has 198 valence electrons. The SMILES string of the molecule is CC(C)CCC[C@@H](C)[C@@H]1CC[C@@H]2[C@H]3CC[C@@H]4CC(=O)C(=C(O)c5ccccc5)C[C@]4(C)[C@H]3CC[C@@]21C. The van der Waals surface area contributed by atoms with Gasteiger partial charge < -0.3 is 5.11 Å². The highest BCUT2D eigenvalue weighted by molar-refractivity contribution is 6.02. The van der Waals surface area contributed by atoms with Gasteiger partial charge in [-0.05, 0) is 97.2 Å². The van der Waals surface area contributed by atoms with E-state index in [9.17, 15) is 9.90 Å². The van der Waals surface area contributed by atoms with Crippen LogP contribution in [0.1, 0.15) is 111 Å². The molecule has 0 heterocycles. The molecule has 0 unspecified atom stereocenters. The van der Waals surface area contributed by atoms with E-state index in [2.05, 4.69) is 34.6 Å². The molecule has 4 fully saturated rings. The Morgan fingerprint density at radius 3 is 2.39 bits per heavy atom. The molecule has 8 atom stereocenters. The molecule has 4 saturated carbocycles. The van der Waals surface area contributed by atoms with Gasteiger partial charge in [-0.3, -0.25) is 4.79 Å². The quantitative estimate of drug-likeness (QED) is 0.319. The fourth-order valence-corrected chi connectivity index (χ4v) is 9.98. The predicted octanol–water partition coefficient (Wildman–Crippen LogP) is 9.26. The molecular weight excluding hydrogens is 440 g/mol. The molecule has 0 amide bonds. The van der Waals surface area contributed by atoms with Crippen molar-refractivity contribution < 1.29 is 9.90 Å². The fraction of sp³-hybridized carbons (Fsp3) is 0.735. The first-order valence-electron chi connectivity index (χ1n) is 15.2. The highest BCUT2D eigenvalue weighted by atomic mass is 16.3. The maximum absolute atomic E-state index is 13.2. The first-order valence-corrected chi connectivity index (χ1v) is 15.2. The summed E-state index contributed by atoms with van der Waals surface area (Å²) < 4.78 is 0. The van der Waals surface area contributed by atoms with Crippen molar-refractivity contribution in [2.24, 2.45) is 52.3 Å². The number of carbonyl (C=O) groups excluding carboxylic acids is 1. The van der Waals surface area contributed by atoms with E-state index in [0.29, 0.717) is 29.2 Å². The second-order valence-electron chi connectivity index (χ2n) is 14.2. The number of hydrogen-bond donors (Lipinski definition) is 1. The number of hydrogen-bond acceptors (Lipinski definition) is 2. The van der Waals surface area contributed by atoms with E-state index < -0.39 is 0 Å². The van der Waals surface area contributed by atoms with Crippen LogP contribution in [0, 0.1) is 52.3 Å². The summed E-state index contributed by atoms with van der Waals surface area (Å²) in [5.74, 6) is 5.78.